The quantitative estimate of drug-likeness (QED) is 0.771. The van der Waals surface area contributed by atoms with Crippen LogP contribution in [-0.2, 0) is 19.6 Å². The molecule has 2 saturated heterocycles. The fraction of sp³-hybridized carbons (Fsp3) is 0.588. The third-order valence-corrected chi connectivity index (χ3v) is 7.14. The molecule has 0 saturated carbocycles. The zero-order valence-electron chi connectivity index (χ0n) is 14.6. The molecule has 2 heterocycles. The molecule has 1 amide bonds. The first-order valence-electron chi connectivity index (χ1n) is 8.59. The van der Waals surface area contributed by atoms with E-state index in [-0.39, 0.29) is 12.5 Å². The molecule has 1 unspecified atom stereocenters. The zero-order chi connectivity index (χ0) is 18.9. The molecule has 144 valence electrons. The molecule has 0 N–H and O–H groups in total. The van der Waals surface area contributed by atoms with Crippen LogP contribution in [0.2, 0.25) is 0 Å². The van der Waals surface area contributed by atoms with Crippen molar-refractivity contribution in [3.05, 3.63) is 29.8 Å². The average Bonchev–Trinajstić information content (AvgIpc) is 3.04. The predicted octanol–water partition coefficient (Wildman–Crippen LogP) is 1.76. The van der Waals surface area contributed by atoms with Crippen molar-refractivity contribution in [1.82, 2.24) is 9.21 Å². The minimum Gasteiger partial charge on any atom is -0.383 e. The second-order valence-electron chi connectivity index (χ2n) is 6.68. The molecule has 2 fully saturated rings. The summed E-state index contributed by atoms with van der Waals surface area (Å²) in [6, 6.07) is 2.33. The molecule has 9 heteroatoms. The number of halogens is 2. The topological polar surface area (TPSA) is 66.9 Å². The Hall–Kier alpha value is -1.58. The minimum atomic E-state index is -4.34. The second-order valence-corrected chi connectivity index (χ2v) is 8.51. The van der Waals surface area contributed by atoms with Crippen molar-refractivity contribution in [1.29, 1.82) is 0 Å². The molecule has 0 bridgehead atoms. The Balaban J connectivity index is 1.99. The molecular weight excluding hydrogens is 366 g/mol. The van der Waals surface area contributed by atoms with Crippen molar-refractivity contribution in [3.63, 3.8) is 0 Å². The molecule has 2 aliphatic heterocycles. The van der Waals surface area contributed by atoms with E-state index in [0.29, 0.717) is 51.4 Å². The summed E-state index contributed by atoms with van der Waals surface area (Å²) in [5.74, 6) is -2.14. The van der Waals surface area contributed by atoms with Gasteiger partial charge in [0.15, 0.2) is 0 Å². The van der Waals surface area contributed by atoms with Gasteiger partial charge >= 0.3 is 0 Å². The molecule has 0 radical (unpaired) electrons. The second kappa shape index (κ2) is 7.21. The third kappa shape index (κ3) is 3.12. The molecule has 3 rings (SSSR count). The van der Waals surface area contributed by atoms with Gasteiger partial charge in [-0.05, 0) is 43.9 Å². The lowest BCUT2D eigenvalue weighted by Gasteiger charge is -2.43. The molecule has 1 aromatic carbocycles. The first-order chi connectivity index (χ1) is 12.3. The van der Waals surface area contributed by atoms with Crippen LogP contribution in [0.15, 0.2) is 23.1 Å². The van der Waals surface area contributed by atoms with Gasteiger partial charge in [0, 0.05) is 26.7 Å². The molecule has 0 aliphatic carbocycles. The van der Waals surface area contributed by atoms with Gasteiger partial charge in [-0.1, -0.05) is 0 Å². The van der Waals surface area contributed by atoms with Crippen molar-refractivity contribution >= 4 is 15.9 Å². The Kier molecular flexibility index (Phi) is 5.32. The van der Waals surface area contributed by atoms with E-state index < -0.39 is 32.1 Å². The first kappa shape index (κ1) is 19.2. The number of methoxy groups -OCH3 is 1. The van der Waals surface area contributed by atoms with Gasteiger partial charge < -0.3 is 9.64 Å². The molecule has 2 aliphatic rings. The summed E-state index contributed by atoms with van der Waals surface area (Å²) in [6.45, 7) is 1.38. The lowest BCUT2D eigenvalue weighted by atomic mass is 9.86. The van der Waals surface area contributed by atoms with Crippen LogP contribution >= 0.6 is 0 Å². The van der Waals surface area contributed by atoms with E-state index in [1.54, 1.807) is 4.90 Å². The van der Waals surface area contributed by atoms with Crippen LogP contribution in [0, 0.1) is 11.6 Å². The summed E-state index contributed by atoms with van der Waals surface area (Å²) in [5, 5.41) is 0. The number of ether oxygens (including phenoxy) is 1. The molecule has 1 aromatic rings. The van der Waals surface area contributed by atoms with Crippen molar-refractivity contribution in [2.24, 2.45) is 0 Å². The highest BCUT2D eigenvalue weighted by molar-refractivity contribution is 7.89. The Bertz CT molecular complexity index is 802. The molecule has 6 nitrogen and oxygen atoms in total. The smallest absolute Gasteiger partial charge is 0.247 e. The Morgan fingerprint density at radius 3 is 2.58 bits per heavy atom. The van der Waals surface area contributed by atoms with Crippen LogP contribution in [-0.4, -0.2) is 62.4 Å². The summed E-state index contributed by atoms with van der Waals surface area (Å²) >= 11 is 0. The van der Waals surface area contributed by atoms with E-state index in [2.05, 4.69) is 0 Å². The van der Waals surface area contributed by atoms with Crippen LogP contribution in [0.5, 0.6) is 0 Å². The van der Waals surface area contributed by atoms with Crippen LogP contribution in [0.1, 0.15) is 25.7 Å². The average molecular weight is 388 g/mol. The number of hydrogen-bond acceptors (Lipinski definition) is 4. The van der Waals surface area contributed by atoms with E-state index >= 15 is 0 Å². The van der Waals surface area contributed by atoms with Gasteiger partial charge in [0.05, 0.1) is 6.61 Å². The third-order valence-electron chi connectivity index (χ3n) is 5.16. The lowest BCUT2D eigenvalue weighted by molar-refractivity contribution is -0.145. The molecule has 0 aromatic heterocycles. The van der Waals surface area contributed by atoms with E-state index in [4.69, 9.17) is 4.74 Å². The Labute approximate surface area is 151 Å². The number of amides is 1. The number of likely N-dealkylation sites (tertiary alicyclic amines) is 1. The van der Waals surface area contributed by atoms with Crippen molar-refractivity contribution < 1.29 is 26.7 Å². The number of nitrogens with zero attached hydrogens (tertiary/aromatic N) is 2. The van der Waals surface area contributed by atoms with Crippen LogP contribution < -0.4 is 0 Å². The summed E-state index contributed by atoms with van der Waals surface area (Å²) in [4.78, 5) is 14.0. The number of hydrogen-bond donors (Lipinski definition) is 0. The summed E-state index contributed by atoms with van der Waals surface area (Å²) in [6.07, 6.45) is 1.91. The summed E-state index contributed by atoms with van der Waals surface area (Å²) in [5.41, 5.74) is -1.22. The molecule has 1 atom stereocenters. The number of carbonyl (C=O) groups excluding carboxylic acids is 1. The predicted molar refractivity (Wildman–Crippen MR) is 89.9 cm³/mol. The first-order valence-corrected chi connectivity index (χ1v) is 10.0. The van der Waals surface area contributed by atoms with Gasteiger partial charge in [-0.25, -0.2) is 17.2 Å². The van der Waals surface area contributed by atoms with Gasteiger partial charge in [-0.2, -0.15) is 4.31 Å². The Morgan fingerprint density at radius 2 is 1.88 bits per heavy atom. The highest BCUT2D eigenvalue weighted by Crippen LogP contribution is 2.42. The van der Waals surface area contributed by atoms with Gasteiger partial charge in [-0.3, -0.25) is 4.79 Å². The molecule has 1 spiro atoms. The van der Waals surface area contributed by atoms with E-state index in [9.17, 15) is 22.0 Å². The van der Waals surface area contributed by atoms with Crippen LogP contribution in [0.25, 0.3) is 0 Å². The van der Waals surface area contributed by atoms with E-state index in [1.165, 1.54) is 7.11 Å². The lowest BCUT2D eigenvalue weighted by Crippen LogP contribution is -2.61. The number of piperidine rings is 1. The largest absolute Gasteiger partial charge is 0.383 e. The van der Waals surface area contributed by atoms with Gasteiger partial charge in [0.25, 0.3) is 0 Å². The molecular formula is C17H22F2N2O4S. The van der Waals surface area contributed by atoms with E-state index in [0.717, 1.165) is 16.4 Å². The minimum absolute atomic E-state index is 0.113. The number of benzene rings is 1. The Morgan fingerprint density at radius 1 is 1.19 bits per heavy atom. The number of sulfonamides is 1. The summed E-state index contributed by atoms with van der Waals surface area (Å²) in [7, 11) is -2.81. The van der Waals surface area contributed by atoms with Gasteiger partial charge in [0.1, 0.15) is 22.1 Å². The highest BCUT2D eigenvalue weighted by Gasteiger charge is 2.55. The SMILES string of the molecule is COCCN1CCCC2(CCCN2S(=O)(=O)c2cc(F)ccc2F)C1=O. The maximum Gasteiger partial charge on any atom is 0.247 e. The monoisotopic (exact) mass is 388 g/mol. The maximum absolute atomic E-state index is 14.1. The van der Waals surface area contributed by atoms with Gasteiger partial charge in [0.2, 0.25) is 15.9 Å². The van der Waals surface area contributed by atoms with Crippen LogP contribution in [0.3, 0.4) is 0 Å². The maximum atomic E-state index is 14.1. The fourth-order valence-electron chi connectivity index (χ4n) is 3.94. The molecule has 26 heavy (non-hydrogen) atoms. The van der Waals surface area contributed by atoms with Crippen molar-refractivity contribution in [3.8, 4) is 0 Å². The van der Waals surface area contributed by atoms with Crippen LogP contribution in [0.4, 0.5) is 8.78 Å². The highest BCUT2D eigenvalue weighted by atomic mass is 32.2. The van der Waals surface area contributed by atoms with Gasteiger partial charge in [-0.15, -0.1) is 0 Å². The number of rotatable bonds is 5. The van der Waals surface area contributed by atoms with Crippen molar-refractivity contribution in [2.45, 2.75) is 36.1 Å². The summed E-state index contributed by atoms with van der Waals surface area (Å²) < 4.78 is 59.9. The van der Waals surface area contributed by atoms with E-state index in [1.807, 2.05) is 0 Å². The number of carbonyl (C=O) groups is 1. The van der Waals surface area contributed by atoms with Crippen molar-refractivity contribution in [2.75, 3.05) is 33.4 Å². The zero-order valence-corrected chi connectivity index (χ0v) is 15.4. The fourth-order valence-corrected chi connectivity index (χ4v) is 5.84. The standard InChI is InChI=1S/C17H22F2N2O4S/c1-25-11-10-20-8-2-6-17(16(20)22)7-3-9-21(17)26(23,24)15-12-13(18)4-5-14(15)19/h4-5,12H,2-3,6-11H2,1H3. The normalized spacial score (nSPS) is 24.6.